The van der Waals surface area contributed by atoms with Gasteiger partial charge >= 0.3 is 5.97 Å². The van der Waals surface area contributed by atoms with Crippen LogP contribution < -0.4 is 5.32 Å². The molecule has 0 bridgehead atoms. The Bertz CT molecular complexity index is 1240. The van der Waals surface area contributed by atoms with Gasteiger partial charge in [0.25, 0.3) is 0 Å². The Kier molecular flexibility index (Phi) is 7.04. The van der Waals surface area contributed by atoms with Gasteiger partial charge in [-0.15, -0.1) is 0 Å². The number of hydrogen-bond acceptors (Lipinski definition) is 5. The number of benzene rings is 1. The molecule has 4 heterocycles. The summed E-state index contributed by atoms with van der Waals surface area (Å²) in [6.07, 6.45) is 1.82. The van der Waals surface area contributed by atoms with Crippen molar-refractivity contribution in [2.24, 2.45) is 0 Å². The second-order valence-electron chi connectivity index (χ2n) is 9.29. The molecule has 0 saturated carbocycles. The van der Waals surface area contributed by atoms with E-state index in [2.05, 4.69) is 44.6 Å². The number of nitrogens with zero attached hydrogens (tertiary/aromatic N) is 4. The lowest BCUT2D eigenvalue weighted by Gasteiger charge is -2.32. The number of carboxylic acid groups (broad SMARTS) is 1. The Morgan fingerprint density at radius 1 is 1.14 bits per heavy atom. The molecule has 2 aliphatic rings. The summed E-state index contributed by atoms with van der Waals surface area (Å²) < 4.78 is 7.69. The number of nitrogens with one attached hydrogen (secondary N) is 1. The average Bonchev–Trinajstić information content (AvgIpc) is 3.38. The van der Waals surface area contributed by atoms with E-state index in [-0.39, 0.29) is 17.6 Å². The predicted octanol–water partition coefficient (Wildman–Crippen LogP) is 3.49. The highest BCUT2D eigenvalue weighted by molar-refractivity contribution is 7.80. The molecular formula is C27H31N5O3S. The first-order valence-corrected chi connectivity index (χ1v) is 12.7. The highest BCUT2D eigenvalue weighted by Gasteiger charge is 2.41. The third-order valence-electron chi connectivity index (χ3n) is 7.12. The topological polar surface area (TPSA) is 82.9 Å². The average molecular weight is 506 g/mol. The standard InChI is InChI=1S/C27H31N5O3S/c1-18-17-22(19(2)32(18)21-8-6-20(7-9-21)26(33)34)25-24(23-5-3-4-10-28-23)29-27(36)31(25)12-11-30-13-15-35-16-14-30/h3-10,17,24-25H,11-16H2,1-2H3,(H,29,36)(H,33,34)/t24-,25-/m0/s1. The van der Waals surface area contributed by atoms with E-state index in [1.165, 1.54) is 5.56 Å². The molecule has 0 radical (unpaired) electrons. The third-order valence-corrected chi connectivity index (χ3v) is 7.47. The Hall–Kier alpha value is -3.27. The maximum atomic E-state index is 11.3. The minimum Gasteiger partial charge on any atom is -0.478 e. The van der Waals surface area contributed by atoms with Crippen molar-refractivity contribution in [1.82, 2.24) is 24.7 Å². The number of ether oxygens (including phenoxy) is 1. The number of morpholine rings is 1. The monoisotopic (exact) mass is 505 g/mol. The fraction of sp³-hybridized carbons (Fsp3) is 0.370. The van der Waals surface area contributed by atoms with E-state index in [4.69, 9.17) is 17.0 Å². The molecule has 2 aromatic heterocycles. The van der Waals surface area contributed by atoms with Crippen LogP contribution in [0.15, 0.2) is 54.7 Å². The zero-order chi connectivity index (χ0) is 25.2. The number of aryl methyl sites for hydroxylation is 1. The van der Waals surface area contributed by atoms with Gasteiger partial charge in [0.15, 0.2) is 5.11 Å². The smallest absolute Gasteiger partial charge is 0.335 e. The Morgan fingerprint density at radius 2 is 1.89 bits per heavy atom. The van der Waals surface area contributed by atoms with E-state index < -0.39 is 5.97 Å². The molecule has 1 aromatic carbocycles. The molecule has 2 saturated heterocycles. The molecule has 2 aliphatic heterocycles. The van der Waals surface area contributed by atoms with Gasteiger partial charge in [-0.1, -0.05) is 6.07 Å². The summed E-state index contributed by atoms with van der Waals surface area (Å²) in [6, 6.07) is 15.1. The van der Waals surface area contributed by atoms with E-state index in [1.54, 1.807) is 12.1 Å². The van der Waals surface area contributed by atoms with Crippen molar-refractivity contribution < 1.29 is 14.6 Å². The number of carboxylic acids is 1. The lowest BCUT2D eigenvalue weighted by molar-refractivity contribution is 0.0350. The van der Waals surface area contributed by atoms with E-state index in [1.807, 2.05) is 36.5 Å². The number of hydrogen-bond donors (Lipinski definition) is 2. The summed E-state index contributed by atoms with van der Waals surface area (Å²) in [6.45, 7) is 9.31. The van der Waals surface area contributed by atoms with Gasteiger partial charge in [0.1, 0.15) is 0 Å². The normalized spacial score (nSPS) is 20.5. The van der Waals surface area contributed by atoms with E-state index in [0.717, 1.165) is 67.3 Å². The second kappa shape index (κ2) is 10.4. The second-order valence-corrected chi connectivity index (χ2v) is 9.67. The number of carbonyl (C=O) groups is 1. The molecule has 8 nitrogen and oxygen atoms in total. The maximum Gasteiger partial charge on any atom is 0.335 e. The van der Waals surface area contributed by atoms with E-state index >= 15 is 0 Å². The van der Waals surface area contributed by atoms with Gasteiger partial charge in [-0.05, 0) is 74.1 Å². The molecule has 36 heavy (non-hydrogen) atoms. The minimum atomic E-state index is -0.928. The summed E-state index contributed by atoms with van der Waals surface area (Å²) in [4.78, 5) is 20.7. The molecule has 0 amide bonds. The first kappa shape index (κ1) is 24.4. The van der Waals surface area contributed by atoms with Gasteiger partial charge in [0, 0.05) is 49.5 Å². The first-order valence-electron chi connectivity index (χ1n) is 12.2. The van der Waals surface area contributed by atoms with Crippen LogP contribution in [0, 0.1) is 13.8 Å². The van der Waals surface area contributed by atoms with Crippen LogP contribution in [0.1, 0.15) is 45.1 Å². The van der Waals surface area contributed by atoms with Crippen molar-refractivity contribution in [3.63, 3.8) is 0 Å². The Morgan fingerprint density at radius 3 is 2.56 bits per heavy atom. The van der Waals surface area contributed by atoms with Crippen molar-refractivity contribution in [3.05, 3.63) is 82.9 Å². The number of rotatable bonds is 7. The quantitative estimate of drug-likeness (QED) is 0.473. The number of aromatic nitrogens is 2. The number of thiocarbonyl (C=S) groups is 1. The van der Waals surface area contributed by atoms with Gasteiger partial charge in [0.2, 0.25) is 0 Å². The Labute approximate surface area is 216 Å². The fourth-order valence-corrected chi connectivity index (χ4v) is 5.63. The number of aromatic carboxylic acids is 1. The van der Waals surface area contributed by atoms with Crippen LogP contribution in [-0.4, -0.2) is 74.9 Å². The third kappa shape index (κ3) is 4.74. The van der Waals surface area contributed by atoms with Crippen LogP contribution in [0.3, 0.4) is 0 Å². The predicted molar refractivity (Wildman–Crippen MR) is 142 cm³/mol. The van der Waals surface area contributed by atoms with E-state index in [0.29, 0.717) is 0 Å². The maximum absolute atomic E-state index is 11.3. The van der Waals surface area contributed by atoms with Gasteiger partial charge in [-0.3, -0.25) is 9.88 Å². The largest absolute Gasteiger partial charge is 0.478 e. The van der Waals surface area contributed by atoms with Crippen molar-refractivity contribution in [2.45, 2.75) is 25.9 Å². The van der Waals surface area contributed by atoms with Crippen molar-refractivity contribution in [3.8, 4) is 5.69 Å². The van der Waals surface area contributed by atoms with Gasteiger partial charge in [-0.2, -0.15) is 0 Å². The van der Waals surface area contributed by atoms with Crippen LogP contribution >= 0.6 is 12.2 Å². The van der Waals surface area contributed by atoms with Crippen LogP contribution in [0.5, 0.6) is 0 Å². The van der Waals surface area contributed by atoms with Gasteiger partial charge in [-0.25, -0.2) is 4.79 Å². The summed E-state index contributed by atoms with van der Waals surface area (Å²) in [7, 11) is 0. The fourth-order valence-electron chi connectivity index (χ4n) is 5.30. The molecule has 0 unspecified atom stereocenters. The molecule has 2 N–H and O–H groups in total. The molecule has 9 heteroatoms. The minimum absolute atomic E-state index is 0.0216. The highest BCUT2D eigenvalue weighted by Crippen LogP contribution is 2.41. The molecule has 2 fully saturated rings. The summed E-state index contributed by atoms with van der Waals surface area (Å²) in [5, 5.41) is 13.6. The summed E-state index contributed by atoms with van der Waals surface area (Å²) in [5.74, 6) is -0.928. The summed E-state index contributed by atoms with van der Waals surface area (Å²) >= 11 is 5.86. The van der Waals surface area contributed by atoms with Crippen LogP contribution in [0.4, 0.5) is 0 Å². The van der Waals surface area contributed by atoms with Crippen LogP contribution in [0.25, 0.3) is 5.69 Å². The highest BCUT2D eigenvalue weighted by atomic mass is 32.1. The molecule has 3 aromatic rings. The molecular weight excluding hydrogens is 474 g/mol. The van der Waals surface area contributed by atoms with Crippen LogP contribution in [0.2, 0.25) is 0 Å². The lowest BCUT2D eigenvalue weighted by Crippen LogP contribution is -2.42. The van der Waals surface area contributed by atoms with Crippen molar-refractivity contribution >= 4 is 23.3 Å². The molecule has 0 spiro atoms. The first-order chi connectivity index (χ1) is 17.4. The number of pyridine rings is 1. The van der Waals surface area contributed by atoms with Gasteiger partial charge in [0.05, 0.1) is 36.6 Å². The van der Waals surface area contributed by atoms with Crippen molar-refractivity contribution in [2.75, 3.05) is 39.4 Å². The van der Waals surface area contributed by atoms with E-state index in [9.17, 15) is 9.90 Å². The lowest BCUT2D eigenvalue weighted by atomic mass is 9.96. The molecule has 0 aliphatic carbocycles. The molecule has 2 atom stereocenters. The SMILES string of the molecule is Cc1cc([C@H]2[C@H](c3ccccn3)NC(=S)N2CCN2CCOCC2)c(C)n1-c1ccc(C(=O)O)cc1. The van der Waals surface area contributed by atoms with Crippen LogP contribution in [-0.2, 0) is 4.74 Å². The summed E-state index contributed by atoms with van der Waals surface area (Å²) in [5.41, 5.74) is 5.52. The molecule has 5 rings (SSSR count). The Balaban J connectivity index is 1.51. The zero-order valence-corrected chi connectivity index (χ0v) is 21.4. The molecule has 188 valence electrons. The van der Waals surface area contributed by atoms with Crippen molar-refractivity contribution in [1.29, 1.82) is 0 Å². The van der Waals surface area contributed by atoms with Gasteiger partial charge < -0.3 is 24.6 Å². The zero-order valence-electron chi connectivity index (χ0n) is 20.6.